The Bertz CT molecular complexity index is 1280. The molecule has 0 radical (unpaired) electrons. The van der Waals surface area contributed by atoms with Crippen molar-refractivity contribution in [3.8, 4) is 11.3 Å². The molecule has 0 atom stereocenters. The van der Waals surface area contributed by atoms with E-state index in [0.29, 0.717) is 12.1 Å². The molecule has 0 amide bonds. The van der Waals surface area contributed by atoms with Crippen molar-refractivity contribution in [2.75, 3.05) is 18.8 Å². The molecule has 3 aromatic rings. The lowest BCUT2D eigenvalue weighted by atomic mass is 10.1. The number of aliphatic imine (C=N–C) groups is 1. The SMILES string of the molecule is CN(C)C=Nc1nc(-c2c(F)ccc(NS(=O)(=O)c3cc(F)ccc3F)c2F)c(Br)s1. The highest BCUT2D eigenvalue weighted by Gasteiger charge is 2.26. The minimum absolute atomic E-state index is 0.135. The number of rotatable bonds is 6. The number of thiazole rings is 1. The summed E-state index contributed by atoms with van der Waals surface area (Å²) >= 11 is 4.18. The van der Waals surface area contributed by atoms with E-state index >= 15 is 4.39 Å². The first-order chi connectivity index (χ1) is 14.5. The first kappa shape index (κ1) is 23.2. The lowest BCUT2D eigenvalue weighted by Gasteiger charge is -2.12. The number of sulfonamides is 1. The second-order valence-electron chi connectivity index (χ2n) is 6.29. The van der Waals surface area contributed by atoms with E-state index in [1.54, 1.807) is 19.0 Å². The number of nitrogens with one attached hydrogen (secondary N) is 1. The first-order valence-electron chi connectivity index (χ1n) is 8.33. The summed E-state index contributed by atoms with van der Waals surface area (Å²) in [5, 5.41) is 0.196. The number of hydrogen-bond donors (Lipinski definition) is 1. The average molecular weight is 537 g/mol. The van der Waals surface area contributed by atoms with Crippen molar-refractivity contribution < 1.29 is 26.0 Å². The third-order valence-electron chi connectivity index (χ3n) is 3.73. The summed E-state index contributed by atoms with van der Waals surface area (Å²) < 4.78 is 83.8. The lowest BCUT2D eigenvalue weighted by Crippen LogP contribution is -2.16. The molecule has 0 aliphatic rings. The monoisotopic (exact) mass is 536 g/mol. The number of aromatic nitrogens is 1. The summed E-state index contributed by atoms with van der Waals surface area (Å²) in [6.07, 6.45) is 1.44. The molecule has 0 spiro atoms. The van der Waals surface area contributed by atoms with Crippen LogP contribution in [0.15, 0.2) is 44.0 Å². The molecule has 1 N–H and O–H groups in total. The van der Waals surface area contributed by atoms with Crippen LogP contribution in [0.2, 0.25) is 0 Å². The molecule has 2 aromatic carbocycles. The van der Waals surface area contributed by atoms with Gasteiger partial charge in [0.25, 0.3) is 10.0 Å². The van der Waals surface area contributed by atoms with Gasteiger partial charge in [-0.25, -0.2) is 36.0 Å². The van der Waals surface area contributed by atoms with Gasteiger partial charge in [0.2, 0.25) is 5.13 Å². The average Bonchev–Trinajstić information content (AvgIpc) is 3.05. The predicted molar refractivity (Wildman–Crippen MR) is 114 cm³/mol. The molecule has 3 rings (SSSR count). The third-order valence-corrected chi connectivity index (χ3v) is 6.72. The normalized spacial score (nSPS) is 11.8. The van der Waals surface area contributed by atoms with Crippen molar-refractivity contribution in [2.45, 2.75) is 4.90 Å². The Balaban J connectivity index is 2.05. The van der Waals surface area contributed by atoms with Crippen LogP contribution in [0.25, 0.3) is 11.3 Å². The fourth-order valence-electron chi connectivity index (χ4n) is 2.40. The molecular formula is C18H13BrF4N4O2S2. The maximum Gasteiger partial charge on any atom is 0.265 e. The van der Waals surface area contributed by atoms with E-state index in [1.807, 2.05) is 4.72 Å². The molecule has 31 heavy (non-hydrogen) atoms. The third kappa shape index (κ3) is 5.05. The maximum atomic E-state index is 15.1. The van der Waals surface area contributed by atoms with Crippen LogP contribution in [-0.4, -0.2) is 38.7 Å². The van der Waals surface area contributed by atoms with Gasteiger partial charge in [0.05, 0.1) is 17.6 Å². The van der Waals surface area contributed by atoms with Crippen molar-refractivity contribution >= 4 is 54.4 Å². The van der Waals surface area contributed by atoms with Crippen LogP contribution in [0.4, 0.5) is 28.4 Å². The molecule has 13 heteroatoms. The lowest BCUT2D eigenvalue weighted by molar-refractivity contribution is 0.554. The number of hydrogen-bond acceptors (Lipinski definition) is 5. The van der Waals surface area contributed by atoms with Gasteiger partial charge < -0.3 is 4.90 Å². The highest BCUT2D eigenvalue weighted by molar-refractivity contribution is 9.11. The molecule has 0 bridgehead atoms. The Labute approximate surface area is 187 Å². The van der Waals surface area contributed by atoms with Crippen molar-refractivity contribution in [1.82, 2.24) is 9.88 Å². The number of halogens is 5. The van der Waals surface area contributed by atoms with Crippen LogP contribution in [-0.2, 0) is 10.0 Å². The molecule has 0 aliphatic carbocycles. The smallest absolute Gasteiger partial charge is 0.265 e. The van der Waals surface area contributed by atoms with Gasteiger partial charge in [-0.3, -0.25) is 4.72 Å². The molecule has 1 aromatic heterocycles. The largest absolute Gasteiger partial charge is 0.369 e. The highest BCUT2D eigenvalue weighted by Crippen LogP contribution is 2.40. The Morgan fingerprint density at radius 3 is 2.48 bits per heavy atom. The van der Waals surface area contributed by atoms with Crippen molar-refractivity contribution in [3.05, 3.63) is 57.4 Å². The number of benzene rings is 2. The van der Waals surface area contributed by atoms with Gasteiger partial charge in [-0.15, -0.1) is 0 Å². The van der Waals surface area contributed by atoms with Crippen LogP contribution in [0.3, 0.4) is 0 Å². The summed E-state index contributed by atoms with van der Waals surface area (Å²) in [4.78, 5) is 8.75. The van der Waals surface area contributed by atoms with Gasteiger partial charge in [-0.05, 0) is 46.3 Å². The van der Waals surface area contributed by atoms with Crippen LogP contribution in [0, 0.1) is 23.3 Å². The second-order valence-corrected chi connectivity index (χ2v) is 10.2. The van der Waals surface area contributed by atoms with E-state index in [4.69, 9.17) is 0 Å². The Kier molecular flexibility index (Phi) is 6.67. The molecule has 0 aliphatic heterocycles. The van der Waals surface area contributed by atoms with Crippen LogP contribution >= 0.6 is 27.3 Å². The van der Waals surface area contributed by atoms with E-state index in [2.05, 4.69) is 25.9 Å². The molecule has 0 fully saturated rings. The van der Waals surface area contributed by atoms with Gasteiger partial charge in [-0.2, -0.15) is 0 Å². The van der Waals surface area contributed by atoms with Crippen LogP contribution < -0.4 is 4.72 Å². The zero-order valence-electron chi connectivity index (χ0n) is 15.8. The Morgan fingerprint density at radius 1 is 1.13 bits per heavy atom. The van der Waals surface area contributed by atoms with E-state index in [9.17, 15) is 21.6 Å². The molecule has 0 saturated carbocycles. The van der Waals surface area contributed by atoms with E-state index in [0.717, 1.165) is 29.5 Å². The molecule has 6 nitrogen and oxygen atoms in total. The summed E-state index contributed by atoms with van der Waals surface area (Å²) in [6.45, 7) is 0. The minimum atomic E-state index is -4.71. The minimum Gasteiger partial charge on any atom is -0.369 e. The molecule has 1 heterocycles. The predicted octanol–water partition coefficient (Wildman–Crippen LogP) is 5.15. The second kappa shape index (κ2) is 8.93. The molecule has 0 saturated heterocycles. The number of nitrogens with zero attached hydrogens (tertiary/aromatic N) is 3. The van der Waals surface area contributed by atoms with Gasteiger partial charge in [0.1, 0.15) is 31.8 Å². The zero-order valence-corrected chi connectivity index (χ0v) is 19.0. The van der Waals surface area contributed by atoms with Gasteiger partial charge in [0, 0.05) is 14.1 Å². The summed E-state index contributed by atoms with van der Waals surface area (Å²) in [7, 11) is -1.26. The van der Waals surface area contributed by atoms with Gasteiger partial charge in [-0.1, -0.05) is 11.3 Å². The van der Waals surface area contributed by atoms with Crippen molar-refractivity contribution in [1.29, 1.82) is 0 Å². The van der Waals surface area contributed by atoms with Gasteiger partial charge >= 0.3 is 0 Å². The van der Waals surface area contributed by atoms with E-state index in [1.165, 1.54) is 6.34 Å². The van der Waals surface area contributed by atoms with E-state index < -0.39 is 49.4 Å². The maximum absolute atomic E-state index is 15.1. The quantitative estimate of drug-likeness (QED) is 0.268. The molecule has 0 unspecified atom stereocenters. The topological polar surface area (TPSA) is 74.7 Å². The fourth-order valence-corrected chi connectivity index (χ4v) is 4.91. The number of anilines is 1. The fraction of sp³-hybridized carbons (Fsp3) is 0.111. The standard InChI is InChI=1S/C18H13BrF4N4O2S2/c1-27(2)8-24-18-25-16(17(19)30-18)14-11(22)5-6-12(15(14)23)26-31(28,29)13-7-9(20)3-4-10(13)21/h3-8,26H,1-2H3. The van der Waals surface area contributed by atoms with Crippen LogP contribution in [0.1, 0.15) is 0 Å². The Morgan fingerprint density at radius 2 is 1.81 bits per heavy atom. The van der Waals surface area contributed by atoms with E-state index in [-0.39, 0.29) is 14.6 Å². The summed E-state index contributed by atoms with van der Waals surface area (Å²) in [5.74, 6) is -4.53. The molecular weight excluding hydrogens is 524 g/mol. The summed E-state index contributed by atoms with van der Waals surface area (Å²) in [5.41, 5.74) is -1.42. The first-order valence-corrected chi connectivity index (χ1v) is 11.4. The van der Waals surface area contributed by atoms with Crippen LogP contribution in [0.5, 0.6) is 0 Å². The molecule has 164 valence electrons. The summed E-state index contributed by atoms with van der Waals surface area (Å²) in [6, 6.07) is 3.46. The van der Waals surface area contributed by atoms with Crippen molar-refractivity contribution in [3.63, 3.8) is 0 Å². The Hall–Kier alpha value is -2.51. The highest BCUT2D eigenvalue weighted by atomic mass is 79.9. The van der Waals surface area contributed by atoms with Gasteiger partial charge in [0.15, 0.2) is 5.82 Å². The zero-order chi connectivity index (χ0) is 22.9. The van der Waals surface area contributed by atoms with Crippen molar-refractivity contribution in [2.24, 2.45) is 4.99 Å².